The van der Waals surface area contributed by atoms with Crippen LogP contribution in [0.5, 0.6) is 0 Å². The van der Waals surface area contributed by atoms with Gasteiger partial charge in [-0.3, -0.25) is 14.4 Å². The zero-order chi connectivity index (χ0) is 25.8. The Hall–Kier alpha value is -2.95. The van der Waals surface area contributed by atoms with Gasteiger partial charge in [-0.15, -0.1) is 0 Å². The number of alkyl halides is 3. The highest BCUT2D eigenvalue weighted by molar-refractivity contribution is 5.79. The molecule has 1 spiro atoms. The van der Waals surface area contributed by atoms with Crippen molar-refractivity contribution in [2.45, 2.75) is 63.8 Å². The van der Waals surface area contributed by atoms with Gasteiger partial charge in [-0.05, 0) is 62.9 Å². The third-order valence-corrected chi connectivity index (χ3v) is 6.67. The molecule has 3 heterocycles. The summed E-state index contributed by atoms with van der Waals surface area (Å²) < 4.78 is 46.9. The molecular weight excluding hydrogens is 468 g/mol. The summed E-state index contributed by atoms with van der Waals surface area (Å²) >= 11 is 0. The molecule has 11 heteroatoms. The molecule has 2 aliphatic rings. The van der Waals surface area contributed by atoms with E-state index in [2.05, 4.69) is 21.0 Å². The molecule has 0 aliphatic carbocycles. The number of carboxylic acid groups (broad SMARTS) is 1. The zero-order valence-corrected chi connectivity index (χ0v) is 19.8. The third-order valence-electron chi connectivity index (χ3n) is 6.67. The fraction of sp³-hybridized carbons (Fsp3) is 0.542. The zero-order valence-electron chi connectivity index (χ0n) is 19.8. The number of benzene rings is 1. The summed E-state index contributed by atoms with van der Waals surface area (Å²) in [7, 11) is 2.00. The lowest BCUT2D eigenvalue weighted by Crippen LogP contribution is -2.45. The van der Waals surface area contributed by atoms with Gasteiger partial charge in [0.2, 0.25) is 5.91 Å². The van der Waals surface area contributed by atoms with E-state index in [1.54, 1.807) is 12.1 Å². The molecule has 2 saturated heterocycles. The topological polar surface area (TPSA) is 78.7 Å². The van der Waals surface area contributed by atoms with Crippen molar-refractivity contribution in [1.29, 1.82) is 0 Å². The van der Waals surface area contributed by atoms with Crippen LogP contribution in [0.2, 0.25) is 0 Å². The van der Waals surface area contributed by atoms with E-state index >= 15 is 0 Å². The molecule has 2 aromatic rings. The first-order valence-electron chi connectivity index (χ1n) is 11.5. The highest BCUT2D eigenvalue weighted by atomic mass is 19.4. The number of hydrogen-bond acceptors (Lipinski definition) is 4. The predicted octanol–water partition coefficient (Wildman–Crippen LogP) is 4.05. The Kier molecular flexibility index (Phi) is 8.19. The van der Waals surface area contributed by atoms with Crippen molar-refractivity contribution in [2.24, 2.45) is 7.05 Å². The first-order chi connectivity index (χ1) is 16.4. The van der Waals surface area contributed by atoms with E-state index in [1.807, 2.05) is 18.7 Å². The average molecular weight is 499 g/mol. The highest BCUT2D eigenvalue weighted by Crippen LogP contribution is 2.40. The second-order valence-electron chi connectivity index (χ2n) is 9.16. The lowest BCUT2D eigenvalue weighted by Gasteiger charge is -2.38. The number of amides is 1. The Balaban J connectivity index is 0.000000429. The van der Waals surface area contributed by atoms with Crippen molar-refractivity contribution in [1.82, 2.24) is 19.6 Å². The van der Waals surface area contributed by atoms with Gasteiger partial charge in [-0.1, -0.05) is 12.1 Å². The van der Waals surface area contributed by atoms with Crippen molar-refractivity contribution in [3.8, 4) is 0 Å². The highest BCUT2D eigenvalue weighted by Gasteiger charge is 2.45. The van der Waals surface area contributed by atoms with Crippen LogP contribution >= 0.6 is 0 Å². The van der Waals surface area contributed by atoms with E-state index in [-0.39, 0.29) is 17.3 Å². The minimum atomic E-state index is -5.08. The molecule has 1 N–H and O–H groups in total. The molecule has 192 valence electrons. The van der Waals surface area contributed by atoms with E-state index < -0.39 is 12.1 Å². The molecule has 7 nitrogen and oxygen atoms in total. The molecular formula is C24H30F4N4O3. The summed E-state index contributed by atoms with van der Waals surface area (Å²) in [4.78, 5) is 26.1. The van der Waals surface area contributed by atoms with Crippen LogP contribution in [0.1, 0.15) is 49.1 Å². The molecule has 4 rings (SSSR count). The number of aromatic nitrogens is 2. The van der Waals surface area contributed by atoms with Crippen LogP contribution < -0.4 is 0 Å². The molecule has 0 bridgehead atoms. The van der Waals surface area contributed by atoms with E-state index in [0.717, 1.165) is 56.6 Å². The fourth-order valence-electron chi connectivity index (χ4n) is 4.86. The summed E-state index contributed by atoms with van der Waals surface area (Å²) in [5, 5.41) is 11.6. The number of carbonyl (C=O) groups is 2. The van der Waals surface area contributed by atoms with Crippen molar-refractivity contribution in [3.63, 3.8) is 0 Å². The van der Waals surface area contributed by atoms with Crippen molar-refractivity contribution in [3.05, 3.63) is 53.1 Å². The van der Waals surface area contributed by atoms with Gasteiger partial charge in [-0.2, -0.15) is 18.3 Å². The van der Waals surface area contributed by atoms with E-state index in [1.165, 1.54) is 17.8 Å². The maximum atomic E-state index is 13.2. The van der Waals surface area contributed by atoms with Gasteiger partial charge >= 0.3 is 12.1 Å². The van der Waals surface area contributed by atoms with Gasteiger partial charge in [0.05, 0.1) is 11.4 Å². The van der Waals surface area contributed by atoms with Gasteiger partial charge < -0.3 is 10.0 Å². The number of aliphatic carboxylic acids is 1. The summed E-state index contributed by atoms with van der Waals surface area (Å²) in [6.07, 6.45) is -0.393. The Labute approximate surface area is 201 Å². The molecule has 0 saturated carbocycles. The van der Waals surface area contributed by atoms with Crippen LogP contribution in [-0.2, 0) is 29.7 Å². The van der Waals surface area contributed by atoms with Crippen LogP contribution in [0.25, 0.3) is 0 Å². The van der Waals surface area contributed by atoms with Gasteiger partial charge in [0.25, 0.3) is 0 Å². The minimum Gasteiger partial charge on any atom is -0.475 e. The van der Waals surface area contributed by atoms with Crippen LogP contribution in [0.4, 0.5) is 17.6 Å². The monoisotopic (exact) mass is 498 g/mol. The molecule has 2 fully saturated rings. The van der Waals surface area contributed by atoms with E-state index in [9.17, 15) is 22.4 Å². The van der Waals surface area contributed by atoms with E-state index in [0.29, 0.717) is 13.0 Å². The Morgan fingerprint density at radius 2 is 1.77 bits per heavy atom. The number of likely N-dealkylation sites (tertiary alicyclic amines) is 2. The minimum absolute atomic E-state index is 0.0530. The molecule has 2 aliphatic heterocycles. The molecule has 1 aromatic heterocycles. The number of carbonyl (C=O) groups excluding carboxylic acids is 1. The maximum Gasteiger partial charge on any atom is 0.490 e. The summed E-state index contributed by atoms with van der Waals surface area (Å²) in [5.41, 5.74) is 3.24. The number of nitrogens with zero attached hydrogens (tertiary/aromatic N) is 4. The predicted molar refractivity (Wildman–Crippen MR) is 120 cm³/mol. The number of aryl methyl sites for hydroxylation is 2. The lowest BCUT2D eigenvalue weighted by atomic mass is 9.87. The van der Waals surface area contributed by atoms with Crippen LogP contribution in [0, 0.1) is 12.7 Å². The fourth-order valence-corrected chi connectivity index (χ4v) is 4.86. The third kappa shape index (κ3) is 6.81. The van der Waals surface area contributed by atoms with Crippen LogP contribution in [-0.4, -0.2) is 61.4 Å². The lowest BCUT2D eigenvalue weighted by molar-refractivity contribution is -0.192. The standard InChI is InChI=1S/C22H29FN4O.C2HF3O2/c1-17-14-20(25(2)24-17)16-26-12-3-9-22(11-13-26)10-8-21(28)27(22)15-18-4-6-19(23)7-5-18;3-2(4,5)1(6)7/h4-7,14H,3,8-13,15-16H2,1-2H3;(H,6,7). The van der Waals surface area contributed by atoms with Gasteiger partial charge in [0.15, 0.2) is 0 Å². The maximum absolute atomic E-state index is 13.2. The van der Waals surface area contributed by atoms with Gasteiger partial charge in [0, 0.05) is 38.6 Å². The molecule has 1 amide bonds. The summed E-state index contributed by atoms with van der Waals surface area (Å²) in [6, 6.07) is 8.70. The van der Waals surface area contributed by atoms with E-state index in [4.69, 9.17) is 9.90 Å². The first kappa shape index (κ1) is 26.7. The Morgan fingerprint density at radius 1 is 1.11 bits per heavy atom. The molecule has 0 radical (unpaired) electrons. The molecule has 1 unspecified atom stereocenters. The van der Waals surface area contributed by atoms with Crippen LogP contribution in [0.3, 0.4) is 0 Å². The number of carboxylic acids is 1. The van der Waals surface area contributed by atoms with Crippen molar-refractivity contribution in [2.75, 3.05) is 13.1 Å². The van der Waals surface area contributed by atoms with Gasteiger partial charge in [-0.25, -0.2) is 9.18 Å². The number of rotatable bonds is 4. The van der Waals surface area contributed by atoms with Crippen molar-refractivity contribution >= 4 is 11.9 Å². The Bertz CT molecular complexity index is 1040. The smallest absolute Gasteiger partial charge is 0.475 e. The number of hydrogen-bond donors (Lipinski definition) is 1. The average Bonchev–Trinajstić information content (AvgIpc) is 3.16. The number of halogens is 4. The summed E-state index contributed by atoms with van der Waals surface area (Å²) in [5.74, 6) is -2.76. The van der Waals surface area contributed by atoms with Gasteiger partial charge in [0.1, 0.15) is 5.82 Å². The second kappa shape index (κ2) is 10.8. The normalized spacial score (nSPS) is 21.1. The molecule has 1 atom stereocenters. The Morgan fingerprint density at radius 3 is 2.34 bits per heavy atom. The molecule has 1 aromatic carbocycles. The largest absolute Gasteiger partial charge is 0.490 e. The quantitative estimate of drug-likeness (QED) is 0.644. The first-order valence-corrected chi connectivity index (χ1v) is 11.5. The van der Waals surface area contributed by atoms with Crippen LogP contribution in [0.15, 0.2) is 30.3 Å². The summed E-state index contributed by atoms with van der Waals surface area (Å²) in [6.45, 7) is 5.54. The SMILES string of the molecule is Cc1cc(CN2CCCC3(CCC(=O)N3Cc3ccc(F)cc3)CC2)n(C)n1.O=C(O)C(F)(F)F. The molecule has 35 heavy (non-hydrogen) atoms. The van der Waals surface area contributed by atoms with Crippen molar-refractivity contribution < 1.29 is 32.3 Å². The second-order valence-corrected chi connectivity index (χ2v) is 9.16.